The number of rotatable bonds is 5. The Labute approximate surface area is 136 Å². The van der Waals surface area contributed by atoms with Crippen LogP contribution in [-0.4, -0.2) is 12.5 Å². The van der Waals surface area contributed by atoms with Gasteiger partial charge in [0, 0.05) is 16.8 Å². The molecule has 0 radical (unpaired) electrons. The average molecular weight is 313 g/mol. The molecular weight excluding hydrogens is 290 g/mol. The molecule has 22 heavy (non-hydrogen) atoms. The van der Waals surface area contributed by atoms with Gasteiger partial charge in [0.25, 0.3) is 5.91 Å². The van der Waals surface area contributed by atoms with Gasteiger partial charge in [-0.05, 0) is 49.1 Å². The molecule has 0 fully saturated rings. The number of hydrogen-bond donors (Lipinski definition) is 1. The fraction of sp³-hybridized carbons (Fsp3) is 0.421. The Morgan fingerprint density at radius 1 is 1.32 bits per heavy atom. The lowest BCUT2D eigenvalue weighted by Gasteiger charge is -2.18. The van der Waals surface area contributed by atoms with E-state index in [2.05, 4.69) is 41.9 Å². The Morgan fingerprint density at radius 2 is 2.14 bits per heavy atom. The fourth-order valence-electron chi connectivity index (χ4n) is 3.10. The van der Waals surface area contributed by atoms with Crippen LogP contribution in [0.1, 0.15) is 46.1 Å². The predicted molar refractivity (Wildman–Crippen MR) is 92.6 cm³/mol. The minimum absolute atomic E-state index is 0.111. The Bertz CT molecular complexity index is 632. The second-order valence-corrected chi connectivity index (χ2v) is 7.21. The maximum Gasteiger partial charge on any atom is 0.252 e. The van der Waals surface area contributed by atoms with Gasteiger partial charge in [-0.2, -0.15) is 0 Å². The van der Waals surface area contributed by atoms with Crippen molar-refractivity contribution in [3.05, 3.63) is 57.3 Å². The molecule has 0 bridgehead atoms. The molecule has 3 rings (SSSR count). The standard InChI is InChI=1S/C19H23NOS/c1-14-9-10-16-17(13-22-18(16)12-14)19(21)20-11-5-8-15-6-3-2-4-7-15/h2-4,6-7,13-14H,5,8-12H2,1H3,(H,20,21). The van der Waals surface area contributed by atoms with Crippen LogP contribution in [0.2, 0.25) is 0 Å². The third-order valence-corrected chi connectivity index (χ3v) is 5.47. The Morgan fingerprint density at radius 3 is 2.95 bits per heavy atom. The summed E-state index contributed by atoms with van der Waals surface area (Å²) in [5.74, 6) is 0.869. The number of thiophene rings is 1. The van der Waals surface area contributed by atoms with Crippen LogP contribution in [0.3, 0.4) is 0 Å². The van der Waals surface area contributed by atoms with Gasteiger partial charge in [0.2, 0.25) is 0 Å². The Balaban J connectivity index is 1.50. The number of fused-ring (bicyclic) bond motifs is 1. The molecule has 116 valence electrons. The zero-order chi connectivity index (χ0) is 15.4. The molecule has 0 aliphatic heterocycles. The lowest BCUT2D eigenvalue weighted by Crippen LogP contribution is -2.26. The van der Waals surface area contributed by atoms with E-state index in [0.717, 1.165) is 43.7 Å². The first-order valence-corrected chi connectivity index (χ1v) is 9.03. The highest BCUT2D eigenvalue weighted by Gasteiger charge is 2.22. The number of carbonyl (C=O) groups excluding carboxylic acids is 1. The molecule has 1 aromatic carbocycles. The number of amides is 1. The van der Waals surface area contributed by atoms with Crippen molar-refractivity contribution in [2.75, 3.05) is 6.54 Å². The molecular formula is C19H23NOS. The molecule has 1 aliphatic rings. The van der Waals surface area contributed by atoms with E-state index >= 15 is 0 Å². The minimum Gasteiger partial charge on any atom is -0.352 e. The van der Waals surface area contributed by atoms with Gasteiger partial charge in [-0.3, -0.25) is 4.79 Å². The van der Waals surface area contributed by atoms with Crippen LogP contribution < -0.4 is 5.32 Å². The van der Waals surface area contributed by atoms with Crippen molar-refractivity contribution in [2.24, 2.45) is 5.92 Å². The highest BCUT2D eigenvalue weighted by Crippen LogP contribution is 2.32. The number of nitrogens with one attached hydrogen (secondary N) is 1. The van der Waals surface area contributed by atoms with Crippen LogP contribution in [0, 0.1) is 5.92 Å². The first-order chi connectivity index (χ1) is 10.7. The lowest BCUT2D eigenvalue weighted by atomic mass is 9.88. The van der Waals surface area contributed by atoms with Gasteiger partial charge in [-0.25, -0.2) is 0 Å². The molecule has 1 aromatic heterocycles. The predicted octanol–water partition coefficient (Wildman–Crippen LogP) is 4.24. The fourth-order valence-corrected chi connectivity index (χ4v) is 4.35. The molecule has 1 amide bonds. The lowest BCUT2D eigenvalue weighted by molar-refractivity contribution is 0.0952. The summed E-state index contributed by atoms with van der Waals surface area (Å²) in [5.41, 5.74) is 3.56. The number of aryl methyl sites for hydroxylation is 1. The van der Waals surface area contributed by atoms with E-state index in [-0.39, 0.29) is 5.91 Å². The van der Waals surface area contributed by atoms with Gasteiger partial charge in [0.15, 0.2) is 0 Å². The van der Waals surface area contributed by atoms with Crippen molar-refractivity contribution >= 4 is 17.2 Å². The van der Waals surface area contributed by atoms with E-state index in [1.807, 2.05) is 6.07 Å². The van der Waals surface area contributed by atoms with Crippen LogP contribution >= 0.6 is 11.3 Å². The van der Waals surface area contributed by atoms with E-state index in [4.69, 9.17) is 0 Å². The molecule has 1 aliphatic carbocycles. The van der Waals surface area contributed by atoms with Crippen LogP contribution in [0.15, 0.2) is 35.7 Å². The van der Waals surface area contributed by atoms with Crippen LogP contribution in [-0.2, 0) is 19.3 Å². The zero-order valence-corrected chi connectivity index (χ0v) is 13.9. The van der Waals surface area contributed by atoms with Crippen molar-refractivity contribution in [1.29, 1.82) is 0 Å². The second kappa shape index (κ2) is 7.10. The maximum atomic E-state index is 12.4. The minimum atomic E-state index is 0.111. The number of hydrogen-bond acceptors (Lipinski definition) is 2. The van der Waals surface area contributed by atoms with Crippen LogP contribution in [0.25, 0.3) is 0 Å². The van der Waals surface area contributed by atoms with Crippen LogP contribution in [0.5, 0.6) is 0 Å². The topological polar surface area (TPSA) is 29.1 Å². The molecule has 2 nitrogen and oxygen atoms in total. The first kappa shape index (κ1) is 15.3. The van der Waals surface area contributed by atoms with E-state index in [1.165, 1.54) is 22.4 Å². The summed E-state index contributed by atoms with van der Waals surface area (Å²) in [4.78, 5) is 13.8. The van der Waals surface area contributed by atoms with Gasteiger partial charge in [-0.15, -0.1) is 11.3 Å². The van der Waals surface area contributed by atoms with Crippen molar-refractivity contribution in [3.8, 4) is 0 Å². The molecule has 0 spiro atoms. The summed E-state index contributed by atoms with van der Waals surface area (Å²) in [6.07, 6.45) is 5.41. The van der Waals surface area contributed by atoms with Crippen LogP contribution in [0.4, 0.5) is 0 Å². The quantitative estimate of drug-likeness (QED) is 0.822. The average Bonchev–Trinajstić information content (AvgIpc) is 2.95. The summed E-state index contributed by atoms with van der Waals surface area (Å²) < 4.78 is 0. The third kappa shape index (κ3) is 3.58. The molecule has 3 heteroatoms. The van der Waals surface area contributed by atoms with Gasteiger partial charge >= 0.3 is 0 Å². The smallest absolute Gasteiger partial charge is 0.252 e. The van der Waals surface area contributed by atoms with E-state index in [1.54, 1.807) is 11.3 Å². The number of carbonyl (C=O) groups is 1. The molecule has 1 N–H and O–H groups in total. The van der Waals surface area contributed by atoms with Crippen molar-refractivity contribution < 1.29 is 4.79 Å². The van der Waals surface area contributed by atoms with Gasteiger partial charge in [-0.1, -0.05) is 37.3 Å². The zero-order valence-electron chi connectivity index (χ0n) is 13.1. The molecule has 1 heterocycles. The third-order valence-electron chi connectivity index (χ3n) is 4.42. The summed E-state index contributed by atoms with van der Waals surface area (Å²) in [6.45, 7) is 3.04. The monoisotopic (exact) mass is 313 g/mol. The van der Waals surface area contributed by atoms with Crippen molar-refractivity contribution in [2.45, 2.75) is 39.0 Å². The summed E-state index contributed by atoms with van der Waals surface area (Å²) in [5, 5.41) is 5.14. The Hall–Kier alpha value is -1.61. The first-order valence-electron chi connectivity index (χ1n) is 8.15. The Kier molecular flexibility index (Phi) is 4.94. The molecule has 0 saturated heterocycles. The molecule has 1 unspecified atom stereocenters. The van der Waals surface area contributed by atoms with Crippen molar-refractivity contribution in [1.82, 2.24) is 5.32 Å². The van der Waals surface area contributed by atoms with E-state index in [0.29, 0.717) is 0 Å². The second-order valence-electron chi connectivity index (χ2n) is 6.24. The number of benzene rings is 1. The van der Waals surface area contributed by atoms with E-state index in [9.17, 15) is 4.79 Å². The molecule has 0 saturated carbocycles. The maximum absolute atomic E-state index is 12.4. The summed E-state index contributed by atoms with van der Waals surface area (Å²) in [7, 11) is 0. The summed E-state index contributed by atoms with van der Waals surface area (Å²) in [6, 6.07) is 10.4. The largest absolute Gasteiger partial charge is 0.352 e. The molecule has 1 atom stereocenters. The summed E-state index contributed by atoms with van der Waals surface area (Å²) >= 11 is 1.76. The SMILES string of the molecule is CC1CCc2c(C(=O)NCCCc3ccccc3)csc2C1. The van der Waals surface area contributed by atoms with E-state index < -0.39 is 0 Å². The highest BCUT2D eigenvalue weighted by atomic mass is 32.1. The van der Waals surface area contributed by atoms with Gasteiger partial charge in [0.05, 0.1) is 5.56 Å². The van der Waals surface area contributed by atoms with Gasteiger partial charge < -0.3 is 5.32 Å². The molecule has 2 aromatic rings. The van der Waals surface area contributed by atoms with Crippen molar-refractivity contribution in [3.63, 3.8) is 0 Å². The van der Waals surface area contributed by atoms with Gasteiger partial charge in [0.1, 0.15) is 0 Å². The normalized spacial score (nSPS) is 17.0. The highest BCUT2D eigenvalue weighted by molar-refractivity contribution is 7.10.